The van der Waals surface area contributed by atoms with Crippen molar-refractivity contribution in [1.29, 1.82) is 0 Å². The van der Waals surface area contributed by atoms with Gasteiger partial charge in [0.25, 0.3) is 10.2 Å². The summed E-state index contributed by atoms with van der Waals surface area (Å²) in [6.07, 6.45) is 2.00. The predicted octanol–water partition coefficient (Wildman–Crippen LogP) is 0.567. The molecule has 6 nitrogen and oxygen atoms in total. The Kier molecular flexibility index (Phi) is 6.87. The maximum atomic E-state index is 12.3. The molecule has 1 unspecified atom stereocenters. The molecule has 0 aromatic carbocycles. The van der Waals surface area contributed by atoms with Gasteiger partial charge in [0, 0.05) is 26.2 Å². The number of rotatable bonds is 8. The molecule has 120 valence electrons. The Balaban J connectivity index is 2.55. The zero-order chi connectivity index (χ0) is 15.2. The molecule has 20 heavy (non-hydrogen) atoms. The molecule has 1 saturated heterocycles. The quantitative estimate of drug-likeness (QED) is 0.688. The van der Waals surface area contributed by atoms with E-state index in [4.69, 9.17) is 4.74 Å². The first-order valence-corrected chi connectivity index (χ1v) is 8.78. The van der Waals surface area contributed by atoms with Crippen molar-refractivity contribution in [3.63, 3.8) is 0 Å². The average Bonchev–Trinajstić information content (AvgIpc) is 2.38. The largest absolute Gasteiger partial charge is 0.374 e. The lowest BCUT2D eigenvalue weighted by molar-refractivity contribution is -0.00544. The van der Waals surface area contributed by atoms with Crippen molar-refractivity contribution in [3.05, 3.63) is 0 Å². The van der Waals surface area contributed by atoms with E-state index in [9.17, 15) is 8.42 Å². The Bertz CT molecular complexity index is 382. The standard InChI is InChI=1S/C13H29N3O3S/c1-5-19-13(2,3)11-15-20(17,18)16-8-6-7-12(10-16)9-14-4/h12,14-15H,5-11H2,1-4H3. The number of hydrogen-bond acceptors (Lipinski definition) is 4. The summed E-state index contributed by atoms with van der Waals surface area (Å²) in [5.74, 6) is 0.394. The number of nitrogens with one attached hydrogen (secondary N) is 2. The minimum atomic E-state index is -3.41. The van der Waals surface area contributed by atoms with E-state index in [-0.39, 0.29) is 6.54 Å². The van der Waals surface area contributed by atoms with E-state index < -0.39 is 15.8 Å². The Hall–Kier alpha value is -0.210. The van der Waals surface area contributed by atoms with E-state index in [0.29, 0.717) is 25.6 Å². The predicted molar refractivity (Wildman–Crippen MR) is 80.9 cm³/mol. The Labute approximate surface area is 123 Å². The fraction of sp³-hybridized carbons (Fsp3) is 1.00. The lowest BCUT2D eigenvalue weighted by Crippen LogP contribution is -2.50. The molecule has 1 aliphatic heterocycles. The fourth-order valence-electron chi connectivity index (χ4n) is 2.50. The van der Waals surface area contributed by atoms with Crippen molar-refractivity contribution >= 4 is 10.2 Å². The van der Waals surface area contributed by atoms with Crippen LogP contribution in [0.2, 0.25) is 0 Å². The number of ether oxygens (including phenoxy) is 1. The molecule has 2 N–H and O–H groups in total. The van der Waals surface area contributed by atoms with Gasteiger partial charge in [0.1, 0.15) is 0 Å². The Morgan fingerprint density at radius 1 is 1.40 bits per heavy atom. The van der Waals surface area contributed by atoms with Crippen LogP contribution in [0.4, 0.5) is 0 Å². The van der Waals surface area contributed by atoms with Gasteiger partial charge in [-0.2, -0.15) is 17.4 Å². The first kappa shape index (κ1) is 17.8. The second kappa shape index (κ2) is 7.70. The highest BCUT2D eigenvalue weighted by Gasteiger charge is 2.30. The molecule has 7 heteroatoms. The van der Waals surface area contributed by atoms with E-state index in [1.54, 1.807) is 4.31 Å². The monoisotopic (exact) mass is 307 g/mol. The number of nitrogens with zero attached hydrogens (tertiary/aromatic N) is 1. The van der Waals surface area contributed by atoms with Crippen LogP contribution >= 0.6 is 0 Å². The van der Waals surface area contributed by atoms with Gasteiger partial charge >= 0.3 is 0 Å². The molecule has 0 aromatic rings. The minimum Gasteiger partial charge on any atom is -0.374 e. The van der Waals surface area contributed by atoms with E-state index in [1.807, 2.05) is 27.8 Å². The van der Waals surface area contributed by atoms with Gasteiger partial charge in [-0.3, -0.25) is 0 Å². The number of piperidine rings is 1. The molecule has 0 aromatic heterocycles. The first-order valence-electron chi connectivity index (χ1n) is 7.34. The third-order valence-electron chi connectivity index (χ3n) is 3.53. The molecule has 1 rings (SSSR count). The highest BCUT2D eigenvalue weighted by Crippen LogP contribution is 2.18. The molecule has 1 atom stereocenters. The van der Waals surface area contributed by atoms with E-state index >= 15 is 0 Å². The molecular formula is C13H29N3O3S. The van der Waals surface area contributed by atoms with Gasteiger partial charge < -0.3 is 10.1 Å². The molecule has 0 radical (unpaired) electrons. The molecule has 0 bridgehead atoms. The summed E-state index contributed by atoms with van der Waals surface area (Å²) >= 11 is 0. The van der Waals surface area contributed by atoms with Gasteiger partial charge in [0.05, 0.1) is 5.60 Å². The summed E-state index contributed by atoms with van der Waals surface area (Å²) < 4.78 is 34.4. The Morgan fingerprint density at radius 2 is 2.10 bits per heavy atom. The van der Waals surface area contributed by atoms with Crippen LogP contribution in [0.3, 0.4) is 0 Å². The smallest absolute Gasteiger partial charge is 0.279 e. The van der Waals surface area contributed by atoms with Gasteiger partial charge in [-0.15, -0.1) is 0 Å². The van der Waals surface area contributed by atoms with E-state index in [0.717, 1.165) is 19.4 Å². The molecule has 0 amide bonds. The van der Waals surface area contributed by atoms with Crippen molar-refractivity contribution in [3.8, 4) is 0 Å². The summed E-state index contributed by atoms with van der Waals surface area (Å²) in [4.78, 5) is 0. The summed E-state index contributed by atoms with van der Waals surface area (Å²) in [7, 11) is -1.51. The maximum Gasteiger partial charge on any atom is 0.279 e. The summed E-state index contributed by atoms with van der Waals surface area (Å²) in [5.41, 5.74) is -0.484. The van der Waals surface area contributed by atoms with Crippen molar-refractivity contribution < 1.29 is 13.2 Å². The van der Waals surface area contributed by atoms with E-state index in [1.165, 1.54) is 0 Å². The molecule has 1 heterocycles. The van der Waals surface area contributed by atoms with Gasteiger partial charge in [0.2, 0.25) is 0 Å². The lowest BCUT2D eigenvalue weighted by atomic mass is 10.00. The summed E-state index contributed by atoms with van der Waals surface area (Å²) in [6.45, 7) is 8.59. The van der Waals surface area contributed by atoms with Gasteiger partial charge in [0.15, 0.2) is 0 Å². The van der Waals surface area contributed by atoms with Crippen LogP contribution < -0.4 is 10.0 Å². The molecule has 1 fully saturated rings. The van der Waals surface area contributed by atoms with Crippen LogP contribution in [0.1, 0.15) is 33.6 Å². The van der Waals surface area contributed by atoms with Gasteiger partial charge in [-0.05, 0) is 53.1 Å². The van der Waals surface area contributed by atoms with Crippen LogP contribution in [-0.4, -0.2) is 58.2 Å². The maximum absolute atomic E-state index is 12.3. The molecular weight excluding hydrogens is 278 g/mol. The average molecular weight is 307 g/mol. The second-order valence-electron chi connectivity index (χ2n) is 5.94. The fourth-order valence-corrected chi connectivity index (χ4v) is 3.99. The van der Waals surface area contributed by atoms with Crippen LogP contribution in [0.5, 0.6) is 0 Å². The minimum absolute atomic E-state index is 0.288. The topological polar surface area (TPSA) is 70.7 Å². The van der Waals surface area contributed by atoms with Gasteiger partial charge in [-0.25, -0.2) is 0 Å². The zero-order valence-electron chi connectivity index (χ0n) is 13.1. The SMILES string of the molecule is CCOC(C)(C)CNS(=O)(=O)N1CCCC(CNC)C1. The van der Waals surface area contributed by atoms with Gasteiger partial charge in [-0.1, -0.05) is 0 Å². The second-order valence-corrected chi connectivity index (χ2v) is 7.70. The zero-order valence-corrected chi connectivity index (χ0v) is 13.9. The normalized spacial score (nSPS) is 22.1. The third kappa shape index (κ3) is 5.65. The van der Waals surface area contributed by atoms with Crippen LogP contribution in [-0.2, 0) is 14.9 Å². The molecule has 1 aliphatic rings. The van der Waals surface area contributed by atoms with Crippen molar-refractivity contribution in [1.82, 2.24) is 14.3 Å². The van der Waals surface area contributed by atoms with E-state index in [2.05, 4.69) is 10.0 Å². The number of hydrogen-bond donors (Lipinski definition) is 2. The first-order chi connectivity index (χ1) is 9.30. The van der Waals surface area contributed by atoms with Crippen LogP contribution in [0.25, 0.3) is 0 Å². The highest BCUT2D eigenvalue weighted by atomic mass is 32.2. The summed E-state index contributed by atoms with van der Waals surface area (Å²) in [6, 6.07) is 0. The van der Waals surface area contributed by atoms with Crippen LogP contribution in [0.15, 0.2) is 0 Å². The highest BCUT2D eigenvalue weighted by molar-refractivity contribution is 7.87. The van der Waals surface area contributed by atoms with Crippen molar-refractivity contribution in [2.75, 3.05) is 39.8 Å². The molecule has 0 saturated carbocycles. The third-order valence-corrected chi connectivity index (χ3v) is 5.05. The Morgan fingerprint density at radius 3 is 2.70 bits per heavy atom. The molecule has 0 aliphatic carbocycles. The van der Waals surface area contributed by atoms with Crippen molar-refractivity contribution in [2.45, 2.75) is 39.2 Å². The van der Waals surface area contributed by atoms with Crippen LogP contribution in [0, 0.1) is 5.92 Å². The summed E-state index contributed by atoms with van der Waals surface area (Å²) in [5, 5.41) is 3.12. The molecule has 0 spiro atoms. The lowest BCUT2D eigenvalue weighted by Gasteiger charge is -2.33. The van der Waals surface area contributed by atoms with Crippen molar-refractivity contribution in [2.24, 2.45) is 5.92 Å².